The number of hydrogen-bond acceptors (Lipinski definition) is 6. The number of hydrogen-bond donors (Lipinski definition) is 0. The van der Waals surface area contributed by atoms with Crippen LogP contribution in [0.3, 0.4) is 0 Å². The first-order valence-electron chi connectivity index (χ1n) is 10.5. The molecule has 2 aliphatic heterocycles. The third-order valence-corrected chi connectivity index (χ3v) is 6.08. The Bertz CT molecular complexity index is 1090. The van der Waals surface area contributed by atoms with Crippen LogP contribution >= 0.6 is 15.9 Å². The zero-order chi connectivity index (χ0) is 23.4. The van der Waals surface area contributed by atoms with Crippen molar-refractivity contribution in [3.05, 3.63) is 64.1 Å². The van der Waals surface area contributed by atoms with Crippen molar-refractivity contribution in [2.75, 3.05) is 40.4 Å². The van der Waals surface area contributed by atoms with Crippen LogP contribution in [0.4, 0.5) is 0 Å². The zero-order valence-electron chi connectivity index (χ0n) is 18.4. The summed E-state index contributed by atoms with van der Waals surface area (Å²) in [5.74, 6) is 0.780. The summed E-state index contributed by atoms with van der Waals surface area (Å²) < 4.78 is 17.2. The highest BCUT2D eigenvalue weighted by molar-refractivity contribution is 9.10. The van der Waals surface area contributed by atoms with Crippen LogP contribution in [0.1, 0.15) is 17.2 Å². The number of nitrogens with zero attached hydrogens (tertiary/aromatic N) is 3. The van der Waals surface area contributed by atoms with Crippen molar-refractivity contribution < 1.29 is 23.8 Å². The van der Waals surface area contributed by atoms with Gasteiger partial charge in [-0.25, -0.2) is 0 Å². The molecule has 0 N–H and O–H groups in total. The minimum Gasteiger partial charge on any atom is -0.493 e. The molecule has 4 rings (SSSR count). The molecule has 0 spiro atoms. The van der Waals surface area contributed by atoms with Crippen LogP contribution in [0.15, 0.2) is 58.0 Å². The van der Waals surface area contributed by atoms with Gasteiger partial charge in [0.2, 0.25) is 12.0 Å². The van der Waals surface area contributed by atoms with Gasteiger partial charge >= 0.3 is 0 Å². The Morgan fingerprint density at radius 1 is 1.12 bits per heavy atom. The molecular formula is C24H24BrN3O5. The number of benzene rings is 2. The lowest BCUT2D eigenvalue weighted by atomic mass is 10.1. The van der Waals surface area contributed by atoms with E-state index in [0.717, 1.165) is 15.6 Å². The van der Waals surface area contributed by atoms with Gasteiger partial charge in [0.25, 0.3) is 11.9 Å². The number of piperazine rings is 1. The van der Waals surface area contributed by atoms with Gasteiger partial charge in [-0.3, -0.25) is 9.59 Å². The second kappa shape index (κ2) is 10.1. The predicted octanol–water partition coefficient (Wildman–Crippen LogP) is 3.28. The van der Waals surface area contributed by atoms with Crippen molar-refractivity contribution >= 4 is 39.8 Å². The van der Waals surface area contributed by atoms with Crippen LogP contribution in [-0.2, 0) is 14.3 Å². The lowest BCUT2D eigenvalue weighted by Gasteiger charge is -2.34. The summed E-state index contributed by atoms with van der Waals surface area (Å²) in [4.78, 5) is 32.7. The van der Waals surface area contributed by atoms with Crippen molar-refractivity contribution in [3.8, 4) is 11.5 Å². The van der Waals surface area contributed by atoms with Gasteiger partial charge in [-0.15, -0.1) is 0 Å². The predicted molar refractivity (Wildman–Crippen MR) is 127 cm³/mol. The van der Waals surface area contributed by atoms with Gasteiger partial charge in [0.15, 0.2) is 11.5 Å². The molecule has 172 valence electrons. The molecule has 1 saturated heterocycles. The van der Waals surface area contributed by atoms with E-state index in [9.17, 15) is 9.59 Å². The summed E-state index contributed by atoms with van der Waals surface area (Å²) in [6.07, 6.45) is 2.58. The van der Waals surface area contributed by atoms with Crippen molar-refractivity contribution in [1.29, 1.82) is 0 Å². The molecule has 0 aromatic heterocycles. The number of aliphatic imine (C=N–C) groups is 1. The summed E-state index contributed by atoms with van der Waals surface area (Å²) >= 11 is 3.46. The average Bonchev–Trinajstić information content (AvgIpc) is 3.24. The van der Waals surface area contributed by atoms with E-state index >= 15 is 0 Å². The molecule has 1 unspecified atom stereocenters. The minimum atomic E-state index is -0.704. The van der Waals surface area contributed by atoms with E-state index in [1.54, 1.807) is 37.3 Å². The molecule has 1 fully saturated rings. The number of amidine groups is 1. The first kappa shape index (κ1) is 22.8. The van der Waals surface area contributed by atoms with E-state index in [1.165, 1.54) is 0 Å². The lowest BCUT2D eigenvalue weighted by Crippen LogP contribution is -2.50. The highest BCUT2D eigenvalue weighted by Crippen LogP contribution is 2.36. The average molecular weight is 514 g/mol. The van der Waals surface area contributed by atoms with Crippen LogP contribution in [0.2, 0.25) is 0 Å². The lowest BCUT2D eigenvalue weighted by molar-refractivity contribution is -0.127. The van der Waals surface area contributed by atoms with Crippen LogP contribution in [0.5, 0.6) is 11.5 Å². The standard InChI is InChI=1S/C24H24BrN3O5/c1-31-19-15-16(14-18(25)22(19)32-2)8-9-20(29)27-10-12-28(13-11-27)24-26-23(30)21(33-24)17-6-4-3-5-7-17/h3-9,14-15,21H,10-13H2,1-2H3/b9-8+. The van der Waals surface area contributed by atoms with Gasteiger partial charge < -0.3 is 24.0 Å². The molecule has 2 heterocycles. The zero-order valence-corrected chi connectivity index (χ0v) is 19.9. The Morgan fingerprint density at radius 2 is 1.85 bits per heavy atom. The Labute approximate surface area is 200 Å². The highest BCUT2D eigenvalue weighted by atomic mass is 79.9. The fourth-order valence-electron chi connectivity index (χ4n) is 3.74. The summed E-state index contributed by atoms with van der Waals surface area (Å²) in [6, 6.07) is 13.3. The topological polar surface area (TPSA) is 80.7 Å². The summed E-state index contributed by atoms with van der Waals surface area (Å²) in [6.45, 7) is 2.08. The minimum absolute atomic E-state index is 0.0897. The molecule has 2 aromatic rings. The molecule has 9 heteroatoms. The van der Waals surface area contributed by atoms with Gasteiger partial charge in [-0.1, -0.05) is 30.3 Å². The molecule has 2 aromatic carbocycles. The Kier molecular flexibility index (Phi) is 6.98. The first-order chi connectivity index (χ1) is 16.0. The number of methoxy groups -OCH3 is 2. The monoisotopic (exact) mass is 513 g/mol. The number of carbonyl (C=O) groups excluding carboxylic acids is 2. The quantitative estimate of drug-likeness (QED) is 0.570. The third kappa shape index (κ3) is 5.03. The number of halogens is 1. The molecule has 1 atom stereocenters. The first-order valence-corrected chi connectivity index (χ1v) is 11.3. The van der Waals surface area contributed by atoms with Crippen LogP contribution < -0.4 is 9.47 Å². The molecule has 0 aliphatic carbocycles. The maximum absolute atomic E-state index is 12.7. The van der Waals surface area contributed by atoms with Gasteiger partial charge in [0, 0.05) is 37.8 Å². The van der Waals surface area contributed by atoms with Gasteiger partial charge in [0.1, 0.15) is 0 Å². The molecule has 33 heavy (non-hydrogen) atoms. The van der Waals surface area contributed by atoms with Gasteiger partial charge in [-0.2, -0.15) is 4.99 Å². The SMILES string of the molecule is COc1cc(/C=C/C(=O)N2CCN(C3=NC(=O)C(c4ccccc4)O3)CC2)cc(Br)c1OC. The Morgan fingerprint density at radius 3 is 2.52 bits per heavy atom. The van der Waals surface area contributed by atoms with E-state index in [1.807, 2.05) is 41.3 Å². The molecule has 0 bridgehead atoms. The van der Waals surface area contributed by atoms with Crippen molar-refractivity contribution in [2.24, 2.45) is 4.99 Å². The summed E-state index contributed by atoms with van der Waals surface area (Å²) in [5.41, 5.74) is 1.59. The van der Waals surface area contributed by atoms with E-state index in [-0.39, 0.29) is 11.8 Å². The largest absolute Gasteiger partial charge is 0.493 e. The molecule has 8 nitrogen and oxygen atoms in total. The maximum Gasteiger partial charge on any atom is 0.296 e. The van der Waals surface area contributed by atoms with E-state index in [2.05, 4.69) is 20.9 Å². The fourth-order valence-corrected chi connectivity index (χ4v) is 4.37. The summed E-state index contributed by atoms with van der Waals surface area (Å²) in [7, 11) is 3.14. The summed E-state index contributed by atoms with van der Waals surface area (Å²) in [5, 5.41) is 0. The number of ether oxygens (including phenoxy) is 3. The van der Waals surface area contributed by atoms with Crippen molar-refractivity contribution in [3.63, 3.8) is 0 Å². The fraction of sp³-hybridized carbons (Fsp3) is 0.292. The van der Waals surface area contributed by atoms with Crippen molar-refractivity contribution in [2.45, 2.75) is 6.10 Å². The third-order valence-electron chi connectivity index (χ3n) is 5.49. The highest BCUT2D eigenvalue weighted by Gasteiger charge is 2.34. The van der Waals surface area contributed by atoms with Crippen LogP contribution in [0.25, 0.3) is 6.08 Å². The van der Waals surface area contributed by atoms with Gasteiger partial charge in [-0.05, 0) is 39.7 Å². The normalized spacial score (nSPS) is 18.3. The van der Waals surface area contributed by atoms with E-state index in [0.29, 0.717) is 43.7 Å². The van der Waals surface area contributed by atoms with E-state index < -0.39 is 6.10 Å². The van der Waals surface area contributed by atoms with Gasteiger partial charge in [0.05, 0.1) is 18.7 Å². The molecule has 0 radical (unpaired) electrons. The Hall–Kier alpha value is -3.33. The second-order valence-electron chi connectivity index (χ2n) is 7.53. The number of rotatable bonds is 5. The van der Waals surface area contributed by atoms with Crippen molar-refractivity contribution in [1.82, 2.24) is 9.80 Å². The number of amides is 2. The molecule has 0 saturated carbocycles. The molecular weight excluding hydrogens is 490 g/mol. The van der Waals surface area contributed by atoms with Crippen LogP contribution in [0, 0.1) is 0 Å². The second-order valence-corrected chi connectivity index (χ2v) is 8.38. The molecule has 2 aliphatic rings. The number of carbonyl (C=O) groups is 2. The van der Waals surface area contributed by atoms with Crippen LogP contribution in [-0.4, -0.2) is 68.0 Å². The Balaban J connectivity index is 1.34. The smallest absolute Gasteiger partial charge is 0.296 e. The van der Waals surface area contributed by atoms with E-state index in [4.69, 9.17) is 14.2 Å². The molecule has 2 amide bonds. The maximum atomic E-state index is 12.7.